The molecule has 1 fully saturated rings. The van der Waals surface area contributed by atoms with E-state index in [1.807, 2.05) is 14.1 Å². The van der Waals surface area contributed by atoms with Gasteiger partial charge in [0, 0.05) is 12.1 Å². The van der Waals surface area contributed by atoms with Crippen molar-refractivity contribution in [2.75, 3.05) is 20.6 Å². The zero-order chi connectivity index (χ0) is 14.0. The number of hydrogen-bond acceptors (Lipinski definition) is 2. The predicted octanol–water partition coefficient (Wildman–Crippen LogP) is 2.35. The molecule has 19 heavy (non-hydrogen) atoms. The molecule has 0 aromatic heterocycles. The van der Waals surface area contributed by atoms with E-state index in [0.717, 1.165) is 18.4 Å². The summed E-state index contributed by atoms with van der Waals surface area (Å²) in [5.41, 5.74) is 0.994. The number of likely N-dealkylation sites (N-methyl/N-ethyl adjacent to an activating group) is 1. The third kappa shape index (κ3) is 2.78. The number of aryl methyl sites for hydroxylation is 1. The van der Waals surface area contributed by atoms with Crippen LogP contribution in [0.15, 0.2) is 18.2 Å². The van der Waals surface area contributed by atoms with Gasteiger partial charge in [0.1, 0.15) is 5.82 Å². The second kappa shape index (κ2) is 5.29. The lowest BCUT2D eigenvalue weighted by Gasteiger charge is -2.47. The van der Waals surface area contributed by atoms with Crippen LogP contribution in [0.4, 0.5) is 4.39 Å². The van der Waals surface area contributed by atoms with E-state index in [9.17, 15) is 9.18 Å². The molecule has 0 radical (unpaired) electrons. The fourth-order valence-electron chi connectivity index (χ4n) is 2.51. The van der Waals surface area contributed by atoms with Gasteiger partial charge in [-0.15, -0.1) is 0 Å². The summed E-state index contributed by atoms with van der Waals surface area (Å²) in [4.78, 5) is 14.2. The van der Waals surface area contributed by atoms with E-state index in [1.165, 1.54) is 12.5 Å². The third-order valence-electron chi connectivity index (χ3n) is 4.18. The van der Waals surface area contributed by atoms with Crippen molar-refractivity contribution < 1.29 is 9.18 Å². The zero-order valence-corrected chi connectivity index (χ0v) is 11.8. The highest BCUT2D eigenvalue weighted by Gasteiger charge is 2.39. The van der Waals surface area contributed by atoms with Crippen molar-refractivity contribution in [2.45, 2.75) is 31.7 Å². The van der Waals surface area contributed by atoms with E-state index in [4.69, 9.17) is 0 Å². The molecule has 1 aromatic carbocycles. The van der Waals surface area contributed by atoms with E-state index in [2.05, 4.69) is 10.2 Å². The first-order chi connectivity index (χ1) is 8.94. The molecule has 0 saturated heterocycles. The molecule has 0 spiro atoms. The van der Waals surface area contributed by atoms with Gasteiger partial charge in [0.2, 0.25) is 0 Å². The normalized spacial score (nSPS) is 17.1. The number of rotatable bonds is 4. The summed E-state index contributed by atoms with van der Waals surface area (Å²) in [6.45, 7) is 2.38. The van der Waals surface area contributed by atoms with Crippen molar-refractivity contribution in [3.8, 4) is 0 Å². The van der Waals surface area contributed by atoms with Crippen molar-refractivity contribution in [2.24, 2.45) is 0 Å². The lowest BCUT2D eigenvalue weighted by molar-refractivity contribution is 0.0556. The monoisotopic (exact) mass is 264 g/mol. The van der Waals surface area contributed by atoms with E-state index in [0.29, 0.717) is 6.54 Å². The Hall–Kier alpha value is -1.42. The first kappa shape index (κ1) is 14.0. The third-order valence-corrected chi connectivity index (χ3v) is 4.18. The highest BCUT2D eigenvalue weighted by Crippen LogP contribution is 2.35. The quantitative estimate of drug-likeness (QED) is 0.905. The van der Waals surface area contributed by atoms with Gasteiger partial charge in [-0.2, -0.15) is 0 Å². The van der Waals surface area contributed by atoms with Crippen LogP contribution in [-0.2, 0) is 0 Å². The topological polar surface area (TPSA) is 32.3 Å². The van der Waals surface area contributed by atoms with Crippen molar-refractivity contribution in [3.63, 3.8) is 0 Å². The molecule has 1 aliphatic carbocycles. The molecule has 0 unspecified atom stereocenters. The van der Waals surface area contributed by atoms with Gasteiger partial charge < -0.3 is 10.2 Å². The molecule has 0 atom stereocenters. The van der Waals surface area contributed by atoms with Crippen LogP contribution in [0.25, 0.3) is 0 Å². The van der Waals surface area contributed by atoms with E-state index in [-0.39, 0.29) is 17.0 Å². The lowest BCUT2D eigenvalue weighted by Crippen LogP contribution is -2.57. The molecular weight excluding hydrogens is 243 g/mol. The van der Waals surface area contributed by atoms with Crippen LogP contribution in [0.2, 0.25) is 0 Å². The van der Waals surface area contributed by atoms with Gasteiger partial charge >= 0.3 is 0 Å². The predicted molar refractivity (Wildman–Crippen MR) is 73.7 cm³/mol. The van der Waals surface area contributed by atoms with Gasteiger partial charge in [-0.05, 0) is 58.0 Å². The minimum atomic E-state index is -0.454. The molecule has 1 saturated carbocycles. The Labute approximate surface area is 113 Å². The Morgan fingerprint density at radius 3 is 2.58 bits per heavy atom. The lowest BCUT2D eigenvalue weighted by atomic mass is 9.75. The number of benzene rings is 1. The van der Waals surface area contributed by atoms with Crippen LogP contribution in [0.1, 0.15) is 35.2 Å². The Morgan fingerprint density at radius 2 is 2.11 bits per heavy atom. The zero-order valence-electron chi connectivity index (χ0n) is 11.8. The van der Waals surface area contributed by atoms with Crippen LogP contribution in [0, 0.1) is 12.7 Å². The number of carbonyl (C=O) groups excluding carboxylic acids is 1. The molecule has 0 bridgehead atoms. The Morgan fingerprint density at radius 1 is 1.42 bits per heavy atom. The standard InChI is InChI=1S/C15H21FN2O/c1-11-5-6-12(13(16)9-11)14(19)17-10-15(18(2)3)7-4-8-15/h5-6,9H,4,7-8,10H2,1-3H3,(H,17,19). The van der Waals surface area contributed by atoms with Crippen molar-refractivity contribution in [1.82, 2.24) is 10.2 Å². The van der Waals surface area contributed by atoms with Crippen molar-refractivity contribution in [1.29, 1.82) is 0 Å². The highest BCUT2D eigenvalue weighted by atomic mass is 19.1. The van der Waals surface area contributed by atoms with Crippen LogP contribution in [-0.4, -0.2) is 37.0 Å². The molecule has 3 nitrogen and oxygen atoms in total. The van der Waals surface area contributed by atoms with Crippen LogP contribution < -0.4 is 5.32 Å². The van der Waals surface area contributed by atoms with Gasteiger partial charge in [-0.3, -0.25) is 4.79 Å². The molecule has 0 heterocycles. The molecule has 4 heteroatoms. The second-order valence-corrected chi connectivity index (χ2v) is 5.64. The maximum absolute atomic E-state index is 13.7. The first-order valence-electron chi connectivity index (χ1n) is 6.66. The summed E-state index contributed by atoms with van der Waals surface area (Å²) in [6.07, 6.45) is 3.35. The summed E-state index contributed by atoms with van der Waals surface area (Å²) in [5, 5.41) is 2.86. The first-order valence-corrected chi connectivity index (χ1v) is 6.66. The summed E-state index contributed by atoms with van der Waals surface area (Å²) in [6, 6.07) is 4.69. The second-order valence-electron chi connectivity index (χ2n) is 5.64. The van der Waals surface area contributed by atoms with Gasteiger partial charge in [-0.25, -0.2) is 4.39 Å². The molecule has 1 amide bonds. The van der Waals surface area contributed by atoms with Crippen LogP contribution in [0.5, 0.6) is 0 Å². The summed E-state index contributed by atoms with van der Waals surface area (Å²) in [7, 11) is 4.05. The fourth-order valence-corrected chi connectivity index (χ4v) is 2.51. The Balaban J connectivity index is 2.01. The molecule has 2 rings (SSSR count). The molecule has 104 valence electrons. The average molecular weight is 264 g/mol. The molecular formula is C15H21FN2O. The summed E-state index contributed by atoms with van der Waals surface area (Å²) in [5.74, 6) is -0.782. The number of amides is 1. The maximum atomic E-state index is 13.7. The molecule has 1 aliphatic rings. The minimum absolute atomic E-state index is 0.0524. The largest absolute Gasteiger partial charge is 0.350 e. The van der Waals surface area contributed by atoms with Crippen LogP contribution >= 0.6 is 0 Å². The Bertz CT molecular complexity index is 481. The smallest absolute Gasteiger partial charge is 0.254 e. The summed E-state index contributed by atoms with van der Waals surface area (Å²) < 4.78 is 13.7. The SMILES string of the molecule is Cc1ccc(C(=O)NCC2(N(C)C)CCC2)c(F)c1. The minimum Gasteiger partial charge on any atom is -0.350 e. The van der Waals surface area contributed by atoms with Gasteiger partial charge in [-0.1, -0.05) is 6.07 Å². The van der Waals surface area contributed by atoms with Gasteiger partial charge in [0.15, 0.2) is 0 Å². The Kier molecular flexibility index (Phi) is 3.90. The maximum Gasteiger partial charge on any atom is 0.254 e. The van der Waals surface area contributed by atoms with Crippen molar-refractivity contribution in [3.05, 3.63) is 35.1 Å². The number of hydrogen-bond donors (Lipinski definition) is 1. The summed E-state index contributed by atoms with van der Waals surface area (Å²) >= 11 is 0. The van der Waals surface area contributed by atoms with Crippen molar-refractivity contribution >= 4 is 5.91 Å². The number of nitrogens with zero attached hydrogens (tertiary/aromatic N) is 1. The van der Waals surface area contributed by atoms with E-state index < -0.39 is 5.82 Å². The molecule has 1 aromatic rings. The molecule has 0 aliphatic heterocycles. The van der Waals surface area contributed by atoms with Crippen LogP contribution in [0.3, 0.4) is 0 Å². The van der Waals surface area contributed by atoms with E-state index in [1.54, 1.807) is 19.1 Å². The number of halogens is 1. The fraction of sp³-hybridized carbons (Fsp3) is 0.533. The molecule has 1 N–H and O–H groups in total. The van der Waals surface area contributed by atoms with Gasteiger partial charge in [0.05, 0.1) is 5.56 Å². The number of nitrogens with one attached hydrogen (secondary N) is 1. The number of carbonyl (C=O) groups is 1. The van der Waals surface area contributed by atoms with Gasteiger partial charge in [0.25, 0.3) is 5.91 Å². The average Bonchev–Trinajstić information content (AvgIpc) is 2.26. The van der Waals surface area contributed by atoms with E-state index >= 15 is 0 Å². The highest BCUT2D eigenvalue weighted by molar-refractivity contribution is 5.94.